The predicted molar refractivity (Wildman–Crippen MR) is 71.3 cm³/mol. The van der Waals surface area contributed by atoms with E-state index in [4.69, 9.17) is 9.31 Å². The van der Waals surface area contributed by atoms with Crippen molar-refractivity contribution in [2.45, 2.75) is 59.1 Å². The Bertz CT molecular complexity index is 444. The third-order valence-electron chi connectivity index (χ3n) is 3.92. The van der Waals surface area contributed by atoms with Crippen LogP contribution in [0.2, 0.25) is 0 Å². The third kappa shape index (κ3) is 2.42. The lowest BCUT2D eigenvalue weighted by molar-refractivity contribution is 0.00578. The Kier molecular flexibility index (Phi) is 3.24. The maximum atomic E-state index is 5.95. The zero-order chi connectivity index (χ0) is 13.6. The summed E-state index contributed by atoms with van der Waals surface area (Å²) < 4.78 is 11.9. The number of hydrogen-bond acceptors (Lipinski definition) is 4. The molecule has 0 atom stereocenters. The lowest BCUT2D eigenvalue weighted by Gasteiger charge is -2.32. The van der Waals surface area contributed by atoms with Gasteiger partial charge in [-0.2, -0.15) is 0 Å². The standard InChI is InChI=1S/C13H21BN2O2/c1-9-10(2)16-11(8-15-9)7-14-17-12(3,4)13(5,6)18-14/h8H,7H2,1-6H3. The van der Waals surface area contributed by atoms with Crippen molar-refractivity contribution < 1.29 is 9.31 Å². The van der Waals surface area contributed by atoms with Crippen LogP contribution in [0.4, 0.5) is 0 Å². The molecule has 0 amide bonds. The maximum absolute atomic E-state index is 5.95. The molecular weight excluding hydrogens is 227 g/mol. The van der Waals surface area contributed by atoms with E-state index in [0.717, 1.165) is 17.1 Å². The van der Waals surface area contributed by atoms with E-state index in [1.807, 2.05) is 13.8 Å². The van der Waals surface area contributed by atoms with Gasteiger partial charge in [-0.05, 0) is 41.5 Å². The van der Waals surface area contributed by atoms with Crippen molar-refractivity contribution in [3.63, 3.8) is 0 Å². The van der Waals surface area contributed by atoms with Gasteiger partial charge in [-0.15, -0.1) is 0 Å². The molecule has 1 aliphatic heterocycles. The van der Waals surface area contributed by atoms with Gasteiger partial charge in [0.25, 0.3) is 0 Å². The largest absolute Gasteiger partial charge is 0.464 e. The monoisotopic (exact) mass is 248 g/mol. The third-order valence-corrected chi connectivity index (χ3v) is 3.92. The molecular formula is C13H21BN2O2. The van der Waals surface area contributed by atoms with Crippen LogP contribution in [-0.2, 0) is 15.6 Å². The van der Waals surface area contributed by atoms with Crippen LogP contribution in [0.5, 0.6) is 0 Å². The van der Waals surface area contributed by atoms with Gasteiger partial charge in [0.15, 0.2) is 0 Å². The van der Waals surface area contributed by atoms with E-state index in [0.29, 0.717) is 6.32 Å². The molecule has 0 aromatic carbocycles. The van der Waals surface area contributed by atoms with Crippen molar-refractivity contribution >= 4 is 7.12 Å². The molecule has 5 heteroatoms. The molecule has 0 bridgehead atoms. The van der Waals surface area contributed by atoms with Gasteiger partial charge in [0.1, 0.15) is 0 Å². The van der Waals surface area contributed by atoms with Crippen molar-refractivity contribution in [2.24, 2.45) is 0 Å². The van der Waals surface area contributed by atoms with E-state index < -0.39 is 0 Å². The molecule has 4 nitrogen and oxygen atoms in total. The Morgan fingerprint density at radius 3 is 2.11 bits per heavy atom. The molecule has 0 saturated carbocycles. The molecule has 1 fully saturated rings. The minimum absolute atomic E-state index is 0.244. The minimum atomic E-state index is -0.287. The summed E-state index contributed by atoms with van der Waals surface area (Å²) in [7, 11) is -0.244. The van der Waals surface area contributed by atoms with Crippen molar-refractivity contribution in [1.29, 1.82) is 0 Å². The van der Waals surface area contributed by atoms with Crippen LogP contribution in [0.15, 0.2) is 6.20 Å². The molecule has 1 saturated heterocycles. The highest BCUT2D eigenvalue weighted by Gasteiger charge is 2.50. The Balaban J connectivity index is 2.10. The minimum Gasteiger partial charge on any atom is -0.403 e. The highest BCUT2D eigenvalue weighted by Crippen LogP contribution is 2.37. The molecule has 1 aromatic rings. The second kappa shape index (κ2) is 4.32. The SMILES string of the molecule is Cc1ncc(CB2OC(C)(C)C(C)(C)O2)nc1C. The number of rotatable bonds is 2. The number of aromatic nitrogens is 2. The topological polar surface area (TPSA) is 44.2 Å². The van der Waals surface area contributed by atoms with Gasteiger partial charge in [-0.25, -0.2) is 0 Å². The van der Waals surface area contributed by atoms with Gasteiger partial charge in [0.05, 0.1) is 28.3 Å². The first-order valence-corrected chi connectivity index (χ1v) is 6.36. The Hall–Kier alpha value is -0.935. The number of nitrogens with zero attached hydrogens (tertiary/aromatic N) is 2. The number of aryl methyl sites for hydroxylation is 2. The Morgan fingerprint density at radius 2 is 1.61 bits per heavy atom. The highest BCUT2D eigenvalue weighted by molar-refractivity contribution is 6.44. The molecule has 1 aromatic heterocycles. The molecule has 0 unspecified atom stereocenters. The van der Waals surface area contributed by atoms with Crippen LogP contribution >= 0.6 is 0 Å². The van der Waals surface area contributed by atoms with Crippen LogP contribution < -0.4 is 0 Å². The van der Waals surface area contributed by atoms with Gasteiger partial charge in [0, 0.05) is 12.5 Å². The average Bonchev–Trinajstić information content (AvgIpc) is 2.41. The summed E-state index contributed by atoms with van der Waals surface area (Å²) in [5.74, 6) is 0. The number of hydrogen-bond donors (Lipinski definition) is 0. The van der Waals surface area contributed by atoms with Crippen LogP contribution in [0, 0.1) is 13.8 Å². The molecule has 0 aliphatic carbocycles. The first-order chi connectivity index (χ1) is 8.21. The van der Waals surface area contributed by atoms with Crippen molar-refractivity contribution in [1.82, 2.24) is 9.97 Å². The first kappa shape index (κ1) is 13.5. The molecule has 1 aliphatic rings. The van der Waals surface area contributed by atoms with E-state index in [-0.39, 0.29) is 18.3 Å². The molecule has 2 rings (SSSR count). The zero-order valence-corrected chi connectivity index (χ0v) is 12.1. The fraction of sp³-hybridized carbons (Fsp3) is 0.692. The summed E-state index contributed by atoms with van der Waals surface area (Å²) in [5.41, 5.74) is 2.27. The van der Waals surface area contributed by atoms with Crippen LogP contribution in [0.1, 0.15) is 44.8 Å². The molecule has 2 heterocycles. The van der Waals surface area contributed by atoms with Gasteiger partial charge in [-0.3, -0.25) is 9.97 Å². The fourth-order valence-electron chi connectivity index (χ4n) is 1.91. The average molecular weight is 248 g/mol. The van der Waals surface area contributed by atoms with E-state index in [1.165, 1.54) is 0 Å². The van der Waals surface area contributed by atoms with E-state index >= 15 is 0 Å². The predicted octanol–water partition coefficient (Wildman–Crippen LogP) is 2.27. The molecule has 0 N–H and O–H groups in total. The first-order valence-electron chi connectivity index (χ1n) is 6.36. The van der Waals surface area contributed by atoms with Crippen molar-refractivity contribution in [3.8, 4) is 0 Å². The molecule has 0 radical (unpaired) electrons. The second-order valence-corrected chi connectivity index (χ2v) is 5.92. The molecule has 0 spiro atoms. The second-order valence-electron chi connectivity index (χ2n) is 5.92. The van der Waals surface area contributed by atoms with E-state index in [9.17, 15) is 0 Å². The Labute approximate surface area is 109 Å². The van der Waals surface area contributed by atoms with Gasteiger partial charge < -0.3 is 9.31 Å². The molecule has 98 valence electrons. The van der Waals surface area contributed by atoms with Gasteiger partial charge in [-0.1, -0.05) is 0 Å². The lowest BCUT2D eigenvalue weighted by atomic mass is 9.83. The Morgan fingerprint density at radius 1 is 1.06 bits per heavy atom. The smallest absolute Gasteiger partial charge is 0.403 e. The van der Waals surface area contributed by atoms with Gasteiger partial charge in [0.2, 0.25) is 0 Å². The van der Waals surface area contributed by atoms with Gasteiger partial charge >= 0.3 is 7.12 Å². The van der Waals surface area contributed by atoms with E-state index in [2.05, 4.69) is 37.7 Å². The zero-order valence-electron chi connectivity index (χ0n) is 12.1. The molecule has 18 heavy (non-hydrogen) atoms. The van der Waals surface area contributed by atoms with Crippen LogP contribution in [-0.4, -0.2) is 28.3 Å². The quantitative estimate of drug-likeness (QED) is 0.753. The summed E-state index contributed by atoms with van der Waals surface area (Å²) in [6.45, 7) is 12.1. The van der Waals surface area contributed by atoms with E-state index in [1.54, 1.807) is 6.20 Å². The highest BCUT2D eigenvalue weighted by atomic mass is 16.7. The normalized spacial score (nSPS) is 21.3. The summed E-state index contributed by atoms with van der Waals surface area (Å²) in [4.78, 5) is 8.83. The summed E-state index contributed by atoms with van der Waals surface area (Å²) in [6.07, 6.45) is 2.44. The summed E-state index contributed by atoms with van der Waals surface area (Å²) in [5, 5.41) is 0. The van der Waals surface area contributed by atoms with Crippen molar-refractivity contribution in [2.75, 3.05) is 0 Å². The summed E-state index contributed by atoms with van der Waals surface area (Å²) in [6, 6.07) is 0. The summed E-state index contributed by atoms with van der Waals surface area (Å²) >= 11 is 0. The fourth-order valence-corrected chi connectivity index (χ4v) is 1.91. The maximum Gasteiger partial charge on any atom is 0.464 e. The van der Waals surface area contributed by atoms with Crippen molar-refractivity contribution in [3.05, 3.63) is 23.3 Å². The lowest BCUT2D eigenvalue weighted by Crippen LogP contribution is -2.41. The van der Waals surface area contributed by atoms with Crippen LogP contribution in [0.25, 0.3) is 0 Å². The van der Waals surface area contributed by atoms with Crippen LogP contribution in [0.3, 0.4) is 0 Å².